The van der Waals surface area contributed by atoms with Crippen LogP contribution in [0.2, 0.25) is 10.0 Å². The Hall–Kier alpha value is -1.91. The number of nitrogens with zero attached hydrogens (tertiary/aromatic N) is 2. The van der Waals surface area contributed by atoms with Gasteiger partial charge in [0.1, 0.15) is 5.75 Å². The predicted molar refractivity (Wildman–Crippen MR) is 86.8 cm³/mol. The average molecular weight is 322 g/mol. The molecule has 0 radical (unpaired) electrons. The van der Waals surface area contributed by atoms with Crippen molar-refractivity contribution in [2.24, 2.45) is 0 Å². The third-order valence-corrected chi connectivity index (χ3v) is 4.07. The van der Waals surface area contributed by atoms with E-state index in [0.717, 1.165) is 22.3 Å². The van der Waals surface area contributed by atoms with Gasteiger partial charge >= 0.3 is 0 Å². The van der Waals surface area contributed by atoms with Gasteiger partial charge in [0.05, 0.1) is 28.9 Å². The van der Waals surface area contributed by atoms with Gasteiger partial charge in [-0.2, -0.15) is 0 Å². The van der Waals surface area contributed by atoms with E-state index >= 15 is 0 Å². The van der Waals surface area contributed by atoms with Crippen molar-refractivity contribution in [2.75, 3.05) is 12.8 Å². The quantitative estimate of drug-likeness (QED) is 0.768. The van der Waals surface area contributed by atoms with E-state index in [1.54, 1.807) is 17.7 Å². The molecule has 0 aliphatic carbocycles. The zero-order chi connectivity index (χ0) is 15.1. The number of imidazole rings is 1. The number of methoxy groups -OCH3 is 1. The van der Waals surface area contributed by atoms with E-state index in [-0.39, 0.29) is 0 Å². The zero-order valence-electron chi connectivity index (χ0n) is 11.5. The van der Waals surface area contributed by atoms with Crippen LogP contribution in [0.1, 0.15) is 5.56 Å². The fraction of sp³-hybridized carbons (Fsp3) is 0.133. The van der Waals surface area contributed by atoms with Crippen molar-refractivity contribution >= 4 is 40.2 Å². The standard InChI is InChI=1S/C15H13Cl2N3O/c1-8-5-11(17)14(7-10(8)16)20-13-4-3-9(21-2)6-12(13)19-15(20)18/h3-7H,1-2H3,(H2,18,19). The van der Waals surface area contributed by atoms with Crippen LogP contribution in [0.3, 0.4) is 0 Å². The van der Waals surface area contributed by atoms with Gasteiger partial charge in [0.2, 0.25) is 5.95 Å². The predicted octanol–water partition coefficient (Wildman–Crippen LogP) is 4.23. The van der Waals surface area contributed by atoms with Crippen LogP contribution in [0.15, 0.2) is 30.3 Å². The summed E-state index contributed by atoms with van der Waals surface area (Å²) in [6.07, 6.45) is 0. The number of aromatic nitrogens is 2. The van der Waals surface area contributed by atoms with Crippen LogP contribution in [0.25, 0.3) is 16.7 Å². The van der Waals surface area contributed by atoms with E-state index < -0.39 is 0 Å². The number of nitrogens with two attached hydrogens (primary N) is 1. The molecule has 1 heterocycles. The summed E-state index contributed by atoms with van der Waals surface area (Å²) in [5, 5.41) is 1.20. The first-order valence-electron chi connectivity index (χ1n) is 6.29. The van der Waals surface area contributed by atoms with Gasteiger partial charge in [0.15, 0.2) is 0 Å². The Morgan fingerprint density at radius 2 is 1.90 bits per heavy atom. The number of ether oxygens (including phenoxy) is 1. The monoisotopic (exact) mass is 321 g/mol. The molecule has 21 heavy (non-hydrogen) atoms. The van der Waals surface area contributed by atoms with Gasteiger partial charge in [-0.25, -0.2) is 4.98 Å². The average Bonchev–Trinajstić information content (AvgIpc) is 2.77. The third-order valence-electron chi connectivity index (χ3n) is 3.36. The van der Waals surface area contributed by atoms with Crippen LogP contribution in [-0.2, 0) is 0 Å². The van der Waals surface area contributed by atoms with E-state index in [2.05, 4.69) is 4.98 Å². The third kappa shape index (κ3) is 2.30. The lowest BCUT2D eigenvalue weighted by Gasteiger charge is -2.11. The molecule has 0 amide bonds. The maximum absolute atomic E-state index is 6.34. The van der Waals surface area contributed by atoms with Crippen LogP contribution in [-0.4, -0.2) is 16.7 Å². The molecule has 4 nitrogen and oxygen atoms in total. The molecule has 3 aromatic rings. The summed E-state index contributed by atoms with van der Waals surface area (Å²) in [6.45, 7) is 1.90. The van der Waals surface area contributed by atoms with Crippen LogP contribution < -0.4 is 10.5 Å². The number of anilines is 1. The van der Waals surface area contributed by atoms with Crippen molar-refractivity contribution < 1.29 is 4.74 Å². The largest absolute Gasteiger partial charge is 0.497 e. The Kier molecular flexibility index (Phi) is 3.43. The topological polar surface area (TPSA) is 53.1 Å². The van der Waals surface area contributed by atoms with Crippen molar-refractivity contribution in [3.05, 3.63) is 45.9 Å². The van der Waals surface area contributed by atoms with Crippen LogP contribution >= 0.6 is 23.2 Å². The highest BCUT2D eigenvalue weighted by Gasteiger charge is 2.14. The number of halogens is 2. The molecule has 0 spiro atoms. The molecule has 1 aromatic heterocycles. The highest BCUT2D eigenvalue weighted by Crippen LogP contribution is 2.33. The second-order valence-corrected chi connectivity index (χ2v) is 5.53. The number of fused-ring (bicyclic) bond motifs is 1. The second kappa shape index (κ2) is 5.13. The van der Waals surface area contributed by atoms with Gasteiger partial charge in [-0.05, 0) is 36.8 Å². The Morgan fingerprint density at radius 1 is 1.14 bits per heavy atom. The van der Waals surface area contributed by atoms with Crippen molar-refractivity contribution in [1.82, 2.24) is 9.55 Å². The number of aryl methyl sites for hydroxylation is 1. The van der Waals surface area contributed by atoms with Crippen LogP contribution in [0.5, 0.6) is 5.75 Å². The maximum atomic E-state index is 6.34. The first-order chi connectivity index (χ1) is 10.0. The molecule has 2 N–H and O–H groups in total. The fourth-order valence-corrected chi connectivity index (χ4v) is 2.73. The number of nitrogen functional groups attached to an aromatic ring is 1. The molecular weight excluding hydrogens is 309 g/mol. The zero-order valence-corrected chi connectivity index (χ0v) is 13.0. The molecule has 0 saturated heterocycles. The van der Waals surface area contributed by atoms with Crippen LogP contribution in [0, 0.1) is 6.92 Å². The summed E-state index contributed by atoms with van der Waals surface area (Å²) in [7, 11) is 1.61. The van der Waals surface area contributed by atoms with Gasteiger partial charge in [0, 0.05) is 11.1 Å². The number of hydrogen-bond acceptors (Lipinski definition) is 3. The molecular formula is C15H13Cl2N3O. The molecule has 108 valence electrons. The van der Waals surface area contributed by atoms with Gasteiger partial charge in [0.25, 0.3) is 0 Å². The lowest BCUT2D eigenvalue weighted by molar-refractivity contribution is 0.415. The summed E-state index contributed by atoms with van der Waals surface area (Å²) in [6, 6.07) is 9.17. The summed E-state index contributed by atoms with van der Waals surface area (Å²) in [4.78, 5) is 4.35. The molecule has 6 heteroatoms. The van der Waals surface area contributed by atoms with E-state index in [1.807, 2.05) is 31.2 Å². The molecule has 2 aromatic carbocycles. The van der Waals surface area contributed by atoms with Crippen molar-refractivity contribution in [3.8, 4) is 11.4 Å². The first-order valence-corrected chi connectivity index (χ1v) is 7.05. The molecule has 3 rings (SSSR count). The van der Waals surface area contributed by atoms with Crippen molar-refractivity contribution in [1.29, 1.82) is 0 Å². The smallest absolute Gasteiger partial charge is 0.205 e. The lowest BCUT2D eigenvalue weighted by Crippen LogP contribution is -2.01. The minimum atomic E-state index is 0.347. The maximum Gasteiger partial charge on any atom is 0.205 e. The lowest BCUT2D eigenvalue weighted by atomic mass is 10.2. The van der Waals surface area contributed by atoms with Gasteiger partial charge in [-0.1, -0.05) is 23.2 Å². The molecule has 0 fully saturated rings. The van der Waals surface area contributed by atoms with Gasteiger partial charge < -0.3 is 10.5 Å². The van der Waals surface area contributed by atoms with E-state index in [4.69, 9.17) is 33.7 Å². The molecule has 0 aliphatic rings. The minimum Gasteiger partial charge on any atom is -0.497 e. The Morgan fingerprint density at radius 3 is 2.62 bits per heavy atom. The Bertz CT molecular complexity index is 843. The van der Waals surface area contributed by atoms with Crippen molar-refractivity contribution in [3.63, 3.8) is 0 Å². The SMILES string of the molecule is COc1ccc2c(c1)nc(N)n2-c1cc(Cl)c(C)cc1Cl. The normalized spacial score (nSPS) is 11.0. The summed E-state index contributed by atoms with van der Waals surface area (Å²) in [5.74, 6) is 1.07. The number of hydrogen-bond donors (Lipinski definition) is 1. The summed E-state index contributed by atoms with van der Waals surface area (Å²) < 4.78 is 6.98. The first kappa shape index (κ1) is 14.0. The van der Waals surface area contributed by atoms with Gasteiger partial charge in [-0.3, -0.25) is 4.57 Å². The molecule has 0 atom stereocenters. The number of benzene rings is 2. The Labute approximate surface area is 132 Å². The minimum absolute atomic E-state index is 0.347. The van der Waals surface area contributed by atoms with E-state index in [0.29, 0.717) is 21.7 Å². The molecule has 0 bridgehead atoms. The highest BCUT2D eigenvalue weighted by molar-refractivity contribution is 6.35. The van der Waals surface area contributed by atoms with E-state index in [1.165, 1.54) is 0 Å². The van der Waals surface area contributed by atoms with Crippen LogP contribution in [0.4, 0.5) is 5.95 Å². The Balaban J connectivity index is 2.30. The summed E-state index contributed by atoms with van der Waals surface area (Å²) >= 11 is 12.5. The molecule has 0 unspecified atom stereocenters. The highest BCUT2D eigenvalue weighted by atomic mass is 35.5. The summed E-state index contributed by atoms with van der Waals surface area (Å²) in [5.41, 5.74) is 9.24. The fourth-order valence-electron chi connectivity index (χ4n) is 2.27. The second-order valence-electron chi connectivity index (χ2n) is 4.71. The van der Waals surface area contributed by atoms with Crippen molar-refractivity contribution in [2.45, 2.75) is 6.92 Å². The molecule has 0 saturated carbocycles. The van der Waals surface area contributed by atoms with Gasteiger partial charge in [-0.15, -0.1) is 0 Å². The number of rotatable bonds is 2. The van der Waals surface area contributed by atoms with E-state index in [9.17, 15) is 0 Å². The molecule has 0 aliphatic heterocycles.